The van der Waals surface area contributed by atoms with E-state index in [1.54, 1.807) is 7.11 Å². The van der Waals surface area contributed by atoms with E-state index in [9.17, 15) is 0 Å². The van der Waals surface area contributed by atoms with Crippen molar-refractivity contribution in [1.82, 2.24) is 0 Å². The second-order valence-electron chi connectivity index (χ2n) is 3.28. The zero-order valence-electron chi connectivity index (χ0n) is 9.16. The largest absolute Gasteiger partial charge is 0.496 e. The van der Waals surface area contributed by atoms with Crippen LogP contribution in [0.3, 0.4) is 0 Å². The summed E-state index contributed by atoms with van der Waals surface area (Å²) in [4.78, 5) is 0. The summed E-state index contributed by atoms with van der Waals surface area (Å²) in [5.74, 6) is 1.45. The van der Waals surface area contributed by atoms with Crippen LogP contribution in [0.15, 0.2) is 36.4 Å². The van der Waals surface area contributed by atoms with Crippen molar-refractivity contribution in [2.24, 2.45) is 0 Å². The van der Waals surface area contributed by atoms with Crippen molar-refractivity contribution in [3.8, 4) is 5.75 Å². The molecule has 0 amide bonds. The number of hydrogen-bond acceptors (Lipinski definition) is 1. The van der Waals surface area contributed by atoms with Crippen molar-refractivity contribution in [3.05, 3.63) is 42.0 Å². The highest BCUT2D eigenvalue weighted by Gasteiger charge is 2.09. The maximum atomic E-state index is 5.34. The molecule has 0 aliphatic heterocycles. The predicted molar refractivity (Wildman–Crippen MR) is 60.8 cm³/mol. The molecule has 1 unspecified atom stereocenters. The predicted octanol–water partition coefficient (Wildman–Crippen LogP) is 3.76. The Morgan fingerprint density at radius 3 is 2.64 bits per heavy atom. The van der Waals surface area contributed by atoms with E-state index in [2.05, 4.69) is 38.1 Å². The molecule has 0 saturated carbocycles. The Balaban J connectivity index is 3.02. The highest BCUT2D eigenvalue weighted by Crippen LogP contribution is 2.29. The van der Waals surface area contributed by atoms with Gasteiger partial charge >= 0.3 is 0 Å². The van der Waals surface area contributed by atoms with Gasteiger partial charge in [0.05, 0.1) is 7.11 Å². The van der Waals surface area contributed by atoms with E-state index in [4.69, 9.17) is 4.74 Å². The van der Waals surface area contributed by atoms with Gasteiger partial charge in [0.2, 0.25) is 0 Å². The maximum Gasteiger partial charge on any atom is 0.122 e. The number of rotatable bonds is 4. The molecule has 0 N–H and O–H groups in total. The first-order valence-corrected chi connectivity index (χ1v) is 5.09. The van der Waals surface area contributed by atoms with E-state index in [1.807, 2.05) is 12.1 Å². The third-order valence-electron chi connectivity index (χ3n) is 2.40. The second-order valence-corrected chi connectivity index (χ2v) is 3.28. The van der Waals surface area contributed by atoms with Gasteiger partial charge in [0.25, 0.3) is 0 Å². The third kappa shape index (κ3) is 2.38. The minimum atomic E-state index is 0.469. The number of ether oxygens (including phenoxy) is 1. The van der Waals surface area contributed by atoms with Crippen LogP contribution in [0.2, 0.25) is 0 Å². The van der Waals surface area contributed by atoms with Crippen molar-refractivity contribution >= 4 is 0 Å². The molecule has 1 atom stereocenters. The summed E-state index contributed by atoms with van der Waals surface area (Å²) in [5, 5.41) is 0. The van der Waals surface area contributed by atoms with Crippen molar-refractivity contribution in [3.63, 3.8) is 0 Å². The first-order chi connectivity index (χ1) is 6.83. The lowest BCUT2D eigenvalue weighted by Gasteiger charge is -2.14. The maximum absolute atomic E-state index is 5.34. The highest BCUT2D eigenvalue weighted by molar-refractivity contribution is 5.38. The Labute approximate surface area is 86.4 Å². The Kier molecular flexibility index (Phi) is 4.24. The molecule has 76 valence electrons. The van der Waals surface area contributed by atoms with E-state index in [-0.39, 0.29) is 0 Å². The number of benzene rings is 1. The number of para-hydroxylation sites is 1. The fraction of sp³-hybridized carbons (Fsp3) is 0.385. The molecule has 0 radical (unpaired) electrons. The van der Waals surface area contributed by atoms with Crippen LogP contribution in [0.4, 0.5) is 0 Å². The lowest BCUT2D eigenvalue weighted by molar-refractivity contribution is 0.407. The average molecular weight is 190 g/mol. The standard InChI is InChI=1S/C13H18O/c1-4-8-11(5-2)12-9-6-7-10-13(12)14-3/h4,6-11H,5H2,1-3H3/b8-4-. The van der Waals surface area contributed by atoms with Gasteiger partial charge in [-0.25, -0.2) is 0 Å². The van der Waals surface area contributed by atoms with E-state index in [0.717, 1.165) is 12.2 Å². The van der Waals surface area contributed by atoms with E-state index in [0.29, 0.717) is 5.92 Å². The molecule has 1 rings (SSSR count). The molecule has 1 heteroatoms. The first kappa shape index (κ1) is 10.8. The highest BCUT2D eigenvalue weighted by atomic mass is 16.5. The number of methoxy groups -OCH3 is 1. The lowest BCUT2D eigenvalue weighted by Crippen LogP contribution is -1.97. The summed E-state index contributed by atoms with van der Waals surface area (Å²) < 4.78 is 5.34. The SMILES string of the molecule is C/C=C\C(CC)c1ccccc1OC. The normalized spacial score (nSPS) is 13.1. The van der Waals surface area contributed by atoms with E-state index >= 15 is 0 Å². The van der Waals surface area contributed by atoms with Crippen LogP contribution >= 0.6 is 0 Å². The molecule has 0 aliphatic carbocycles. The van der Waals surface area contributed by atoms with Gasteiger partial charge in [0.1, 0.15) is 5.75 Å². The quantitative estimate of drug-likeness (QED) is 0.657. The van der Waals surface area contributed by atoms with Gasteiger partial charge in [-0.3, -0.25) is 0 Å². The zero-order chi connectivity index (χ0) is 10.4. The summed E-state index contributed by atoms with van der Waals surface area (Å²) in [7, 11) is 1.72. The van der Waals surface area contributed by atoms with Crippen LogP contribution in [0, 0.1) is 0 Å². The van der Waals surface area contributed by atoms with Crippen molar-refractivity contribution in [1.29, 1.82) is 0 Å². The Morgan fingerprint density at radius 1 is 1.36 bits per heavy atom. The number of hydrogen-bond donors (Lipinski definition) is 0. The summed E-state index contributed by atoms with van der Waals surface area (Å²) >= 11 is 0. The van der Waals surface area contributed by atoms with Crippen molar-refractivity contribution in [2.45, 2.75) is 26.2 Å². The summed E-state index contributed by atoms with van der Waals surface area (Å²) in [6, 6.07) is 8.21. The van der Waals surface area contributed by atoms with Crippen LogP contribution in [0.5, 0.6) is 5.75 Å². The molecule has 14 heavy (non-hydrogen) atoms. The molecule has 1 aromatic rings. The van der Waals surface area contributed by atoms with Crippen molar-refractivity contribution in [2.75, 3.05) is 7.11 Å². The molecular formula is C13H18O. The molecule has 1 aromatic carbocycles. The summed E-state index contributed by atoms with van der Waals surface area (Å²) in [6.07, 6.45) is 5.42. The molecule has 0 fully saturated rings. The molecule has 1 nitrogen and oxygen atoms in total. The van der Waals surface area contributed by atoms with Crippen LogP contribution in [0.25, 0.3) is 0 Å². The topological polar surface area (TPSA) is 9.23 Å². The minimum Gasteiger partial charge on any atom is -0.496 e. The Hall–Kier alpha value is -1.24. The average Bonchev–Trinajstić information content (AvgIpc) is 2.26. The van der Waals surface area contributed by atoms with Gasteiger partial charge < -0.3 is 4.74 Å². The monoisotopic (exact) mass is 190 g/mol. The van der Waals surface area contributed by atoms with Gasteiger partial charge in [0, 0.05) is 11.5 Å². The molecule has 0 spiro atoms. The fourth-order valence-electron chi connectivity index (χ4n) is 1.66. The second kappa shape index (κ2) is 5.48. The lowest BCUT2D eigenvalue weighted by atomic mass is 9.95. The molecule has 0 saturated heterocycles. The van der Waals surface area contributed by atoms with E-state index in [1.165, 1.54) is 5.56 Å². The molecular weight excluding hydrogens is 172 g/mol. The van der Waals surface area contributed by atoms with Gasteiger partial charge in [-0.15, -0.1) is 0 Å². The van der Waals surface area contributed by atoms with Crippen LogP contribution < -0.4 is 4.74 Å². The summed E-state index contributed by atoms with van der Waals surface area (Å²) in [5.41, 5.74) is 1.27. The smallest absolute Gasteiger partial charge is 0.122 e. The molecule has 0 aliphatic rings. The van der Waals surface area contributed by atoms with Crippen molar-refractivity contribution < 1.29 is 4.74 Å². The summed E-state index contributed by atoms with van der Waals surface area (Å²) in [6.45, 7) is 4.25. The van der Waals surface area contributed by atoms with Gasteiger partial charge in [-0.05, 0) is 19.4 Å². The molecule has 0 heterocycles. The fourth-order valence-corrected chi connectivity index (χ4v) is 1.66. The van der Waals surface area contributed by atoms with Gasteiger partial charge in [-0.2, -0.15) is 0 Å². The Morgan fingerprint density at radius 2 is 2.07 bits per heavy atom. The zero-order valence-corrected chi connectivity index (χ0v) is 9.16. The number of allylic oxidation sites excluding steroid dienone is 2. The Bertz CT molecular complexity index is 302. The molecule has 0 aromatic heterocycles. The first-order valence-electron chi connectivity index (χ1n) is 5.09. The van der Waals surface area contributed by atoms with Crippen LogP contribution in [0.1, 0.15) is 31.7 Å². The van der Waals surface area contributed by atoms with E-state index < -0.39 is 0 Å². The van der Waals surface area contributed by atoms with Gasteiger partial charge in [0.15, 0.2) is 0 Å². The third-order valence-corrected chi connectivity index (χ3v) is 2.40. The van der Waals surface area contributed by atoms with Crippen LogP contribution in [-0.4, -0.2) is 7.11 Å². The minimum absolute atomic E-state index is 0.469. The van der Waals surface area contributed by atoms with Crippen LogP contribution in [-0.2, 0) is 0 Å². The molecule has 0 bridgehead atoms. The van der Waals surface area contributed by atoms with Gasteiger partial charge in [-0.1, -0.05) is 37.3 Å².